The van der Waals surface area contributed by atoms with Gasteiger partial charge < -0.3 is 31.6 Å². The second-order valence-corrected chi connectivity index (χ2v) is 9.46. The fourth-order valence-corrected chi connectivity index (χ4v) is 4.90. The highest BCUT2D eigenvalue weighted by molar-refractivity contribution is 8.76. The molecule has 0 aliphatic rings. The number of methoxy groups -OCH3 is 2. The SMILES string of the molecule is COC(=O)[C@H](CSSC[C@H](NC(=O)c1ccc(N)cc1)C(=O)OC)NC(=O)c1ccc(N)cc1. The number of carbonyl (C=O) groups excluding carboxylic acids is 4. The first kappa shape index (κ1) is 26.9. The van der Waals surface area contributed by atoms with E-state index in [0.717, 1.165) is 0 Å². The molecular formula is C22H26N4O6S2. The van der Waals surface area contributed by atoms with E-state index in [4.69, 9.17) is 20.9 Å². The molecule has 34 heavy (non-hydrogen) atoms. The van der Waals surface area contributed by atoms with Crippen molar-refractivity contribution in [1.82, 2.24) is 10.6 Å². The largest absolute Gasteiger partial charge is 0.467 e. The molecule has 182 valence electrons. The van der Waals surface area contributed by atoms with E-state index in [2.05, 4.69) is 10.6 Å². The summed E-state index contributed by atoms with van der Waals surface area (Å²) in [5, 5.41) is 5.25. The van der Waals surface area contributed by atoms with Crippen molar-refractivity contribution in [3.63, 3.8) is 0 Å². The summed E-state index contributed by atoms with van der Waals surface area (Å²) in [7, 11) is 4.91. The molecule has 0 saturated heterocycles. The van der Waals surface area contributed by atoms with Crippen molar-refractivity contribution < 1.29 is 28.7 Å². The van der Waals surface area contributed by atoms with E-state index in [1.165, 1.54) is 35.8 Å². The van der Waals surface area contributed by atoms with Crippen molar-refractivity contribution >= 4 is 56.7 Å². The van der Waals surface area contributed by atoms with Crippen molar-refractivity contribution in [3.8, 4) is 0 Å². The summed E-state index contributed by atoms with van der Waals surface area (Å²) in [4.78, 5) is 49.1. The molecule has 2 aromatic rings. The summed E-state index contributed by atoms with van der Waals surface area (Å²) in [5.41, 5.74) is 13.0. The van der Waals surface area contributed by atoms with Crippen LogP contribution in [-0.4, -0.2) is 61.6 Å². The monoisotopic (exact) mass is 506 g/mol. The molecular weight excluding hydrogens is 480 g/mol. The van der Waals surface area contributed by atoms with Gasteiger partial charge >= 0.3 is 11.9 Å². The Morgan fingerprint density at radius 3 is 1.32 bits per heavy atom. The summed E-state index contributed by atoms with van der Waals surface area (Å²) < 4.78 is 9.55. The predicted octanol–water partition coefficient (Wildman–Crippen LogP) is 1.48. The molecule has 0 radical (unpaired) electrons. The number of nitrogen functional groups attached to an aromatic ring is 2. The summed E-state index contributed by atoms with van der Waals surface area (Å²) in [5.74, 6) is -1.81. The van der Waals surface area contributed by atoms with Crippen molar-refractivity contribution in [2.24, 2.45) is 0 Å². The molecule has 2 aromatic carbocycles. The van der Waals surface area contributed by atoms with E-state index in [1.807, 2.05) is 0 Å². The Morgan fingerprint density at radius 2 is 1.03 bits per heavy atom. The average Bonchev–Trinajstić information content (AvgIpc) is 2.84. The van der Waals surface area contributed by atoms with Gasteiger partial charge in [-0.3, -0.25) is 9.59 Å². The van der Waals surface area contributed by atoms with E-state index in [1.54, 1.807) is 48.5 Å². The molecule has 0 bridgehead atoms. The van der Waals surface area contributed by atoms with Crippen LogP contribution in [0.4, 0.5) is 11.4 Å². The van der Waals surface area contributed by atoms with Gasteiger partial charge in [0.1, 0.15) is 12.1 Å². The van der Waals surface area contributed by atoms with Gasteiger partial charge in [0.2, 0.25) is 0 Å². The second kappa shape index (κ2) is 13.4. The first-order valence-corrected chi connectivity index (χ1v) is 12.5. The van der Waals surface area contributed by atoms with Gasteiger partial charge in [0.15, 0.2) is 0 Å². The van der Waals surface area contributed by atoms with Gasteiger partial charge in [-0.1, -0.05) is 21.6 Å². The molecule has 6 N–H and O–H groups in total. The van der Waals surface area contributed by atoms with Gasteiger partial charge in [-0.25, -0.2) is 9.59 Å². The summed E-state index contributed by atoms with van der Waals surface area (Å²) >= 11 is 0. The molecule has 12 heteroatoms. The maximum atomic E-state index is 12.4. The third-order valence-electron chi connectivity index (χ3n) is 4.48. The molecule has 0 saturated carbocycles. The molecule has 2 rings (SSSR count). The van der Waals surface area contributed by atoms with Crippen molar-refractivity contribution in [3.05, 3.63) is 59.7 Å². The number of hydrogen-bond donors (Lipinski definition) is 4. The van der Waals surface area contributed by atoms with Crippen LogP contribution in [0.25, 0.3) is 0 Å². The molecule has 0 heterocycles. The van der Waals surface area contributed by atoms with E-state index >= 15 is 0 Å². The summed E-state index contributed by atoms with van der Waals surface area (Å²) in [6.45, 7) is 0. The maximum absolute atomic E-state index is 12.4. The zero-order chi connectivity index (χ0) is 25.1. The predicted molar refractivity (Wildman–Crippen MR) is 133 cm³/mol. The lowest BCUT2D eigenvalue weighted by Crippen LogP contribution is -2.44. The van der Waals surface area contributed by atoms with Crippen LogP contribution in [0.5, 0.6) is 0 Å². The van der Waals surface area contributed by atoms with Crippen LogP contribution in [0, 0.1) is 0 Å². The Hall–Kier alpha value is -3.38. The smallest absolute Gasteiger partial charge is 0.329 e. The van der Waals surface area contributed by atoms with Gasteiger partial charge in [-0.15, -0.1) is 0 Å². The molecule has 2 atom stereocenters. The molecule has 0 fully saturated rings. The van der Waals surface area contributed by atoms with Gasteiger partial charge in [-0.2, -0.15) is 0 Å². The van der Waals surface area contributed by atoms with Gasteiger partial charge in [0.25, 0.3) is 11.8 Å². The van der Waals surface area contributed by atoms with Crippen molar-refractivity contribution in [1.29, 1.82) is 0 Å². The highest BCUT2D eigenvalue weighted by Crippen LogP contribution is 2.24. The third kappa shape index (κ3) is 8.19. The quantitative estimate of drug-likeness (QED) is 0.152. The van der Waals surface area contributed by atoms with Gasteiger partial charge in [0.05, 0.1) is 14.2 Å². The van der Waals surface area contributed by atoms with Crippen LogP contribution in [0.2, 0.25) is 0 Å². The molecule has 0 unspecified atom stereocenters. The minimum atomic E-state index is -0.923. The summed E-state index contributed by atoms with van der Waals surface area (Å²) in [6, 6.07) is 10.7. The number of anilines is 2. The van der Waals surface area contributed by atoms with Crippen LogP contribution in [0.1, 0.15) is 20.7 Å². The van der Waals surface area contributed by atoms with Crippen LogP contribution >= 0.6 is 21.6 Å². The number of hydrogen-bond acceptors (Lipinski definition) is 10. The van der Waals surface area contributed by atoms with E-state index in [-0.39, 0.29) is 11.5 Å². The van der Waals surface area contributed by atoms with Crippen LogP contribution in [0.15, 0.2) is 48.5 Å². The zero-order valence-corrected chi connectivity index (χ0v) is 20.2. The van der Waals surface area contributed by atoms with Gasteiger partial charge in [-0.05, 0) is 48.5 Å². The summed E-state index contributed by atoms with van der Waals surface area (Å²) in [6.07, 6.45) is 0. The van der Waals surface area contributed by atoms with Crippen LogP contribution < -0.4 is 22.1 Å². The molecule has 0 aliphatic heterocycles. The molecule has 0 aliphatic carbocycles. The molecule has 0 aromatic heterocycles. The first-order valence-electron chi connectivity index (χ1n) is 9.98. The van der Waals surface area contributed by atoms with Crippen molar-refractivity contribution in [2.75, 3.05) is 37.2 Å². The number of rotatable bonds is 11. The normalized spacial score (nSPS) is 12.2. The third-order valence-corrected chi connectivity index (χ3v) is 6.90. The van der Waals surface area contributed by atoms with E-state index in [0.29, 0.717) is 22.5 Å². The molecule has 10 nitrogen and oxygen atoms in total. The average molecular weight is 507 g/mol. The Labute approximate surface area is 204 Å². The molecule has 0 spiro atoms. The number of benzene rings is 2. The standard InChI is InChI=1S/C22H26N4O6S2/c1-31-21(29)17(25-19(27)13-3-7-15(23)8-4-13)11-33-34-12-18(22(30)32-2)26-20(28)14-5-9-16(24)10-6-14/h3-10,17-18H,11-12,23-24H2,1-2H3,(H,25,27)(H,26,28)/t17-,18-/m0/s1. The number of nitrogens with two attached hydrogens (primary N) is 2. The first-order chi connectivity index (χ1) is 16.2. The minimum Gasteiger partial charge on any atom is -0.467 e. The lowest BCUT2D eigenvalue weighted by molar-refractivity contribution is -0.143. The number of esters is 2. The van der Waals surface area contributed by atoms with Crippen LogP contribution in [-0.2, 0) is 19.1 Å². The number of amides is 2. The number of ether oxygens (including phenoxy) is 2. The van der Waals surface area contributed by atoms with E-state index in [9.17, 15) is 19.2 Å². The highest BCUT2D eigenvalue weighted by atomic mass is 33.1. The molecule has 2 amide bonds. The van der Waals surface area contributed by atoms with Crippen molar-refractivity contribution in [2.45, 2.75) is 12.1 Å². The topological polar surface area (TPSA) is 163 Å². The minimum absolute atomic E-state index is 0.165. The maximum Gasteiger partial charge on any atom is 0.329 e. The zero-order valence-electron chi connectivity index (χ0n) is 18.6. The Morgan fingerprint density at radius 1 is 0.706 bits per heavy atom. The number of nitrogens with one attached hydrogen (secondary N) is 2. The fourth-order valence-electron chi connectivity index (χ4n) is 2.61. The number of carbonyl (C=O) groups is 4. The van der Waals surface area contributed by atoms with Crippen LogP contribution in [0.3, 0.4) is 0 Å². The highest BCUT2D eigenvalue weighted by Gasteiger charge is 2.25. The Bertz CT molecular complexity index is 920. The van der Waals surface area contributed by atoms with E-state index < -0.39 is 35.8 Å². The second-order valence-electron chi connectivity index (χ2n) is 6.91. The Kier molecular flexibility index (Phi) is 10.6. The van der Waals surface area contributed by atoms with Gasteiger partial charge in [0, 0.05) is 34.0 Å². The Balaban J connectivity index is 1.92. The lowest BCUT2D eigenvalue weighted by atomic mass is 10.2. The fraction of sp³-hybridized carbons (Fsp3) is 0.273. The lowest BCUT2D eigenvalue weighted by Gasteiger charge is -2.18.